The first kappa shape index (κ1) is 23.1. The number of aromatic hydroxyl groups is 3. The molecule has 0 bridgehead atoms. The van der Waals surface area contributed by atoms with Crippen molar-refractivity contribution in [2.24, 2.45) is 0 Å². The number of phenolic OH excluding ortho intramolecular Hbond substituents is 3. The number of nitrogens with one attached hydrogen (secondary N) is 1. The molecule has 1 heterocycles. The number of nitrogens with zero attached hydrogens (tertiary/aromatic N) is 3. The van der Waals surface area contributed by atoms with Crippen molar-refractivity contribution in [3.8, 4) is 17.2 Å². The Morgan fingerprint density at radius 2 is 1.66 bits per heavy atom. The lowest BCUT2D eigenvalue weighted by atomic mass is 10.0. The first-order valence-corrected chi connectivity index (χ1v) is 9.81. The summed E-state index contributed by atoms with van der Waals surface area (Å²) in [5.74, 6) is -1.73. The molecule has 2 atom stereocenters. The van der Waals surface area contributed by atoms with Crippen molar-refractivity contribution in [1.29, 1.82) is 0 Å². The highest BCUT2D eigenvalue weighted by Gasteiger charge is 2.23. The van der Waals surface area contributed by atoms with Crippen LogP contribution in [0, 0.1) is 6.92 Å². The molecule has 0 aliphatic rings. The normalized spacial score (nSPS) is 13.4. The third kappa shape index (κ3) is 4.00. The average Bonchev–Trinajstić information content (AvgIpc) is 2.74. The quantitative estimate of drug-likeness (QED) is 0.173. The highest BCUT2D eigenvalue weighted by Crippen LogP contribution is 2.38. The Morgan fingerprint density at radius 1 is 1.03 bits per heavy atom. The zero-order chi connectivity index (χ0) is 23.7. The second-order valence-corrected chi connectivity index (χ2v) is 7.36. The fourth-order valence-electron chi connectivity index (χ4n) is 3.45. The largest absolute Gasteiger partial charge is 0.507 e. The van der Waals surface area contributed by atoms with E-state index in [2.05, 4.69) is 15.3 Å². The average molecular weight is 444 g/mol. The predicted octanol–water partition coefficient (Wildman–Crippen LogP) is 0.729. The van der Waals surface area contributed by atoms with Crippen LogP contribution < -0.4 is 5.32 Å². The molecule has 0 aliphatic heterocycles. The van der Waals surface area contributed by atoms with E-state index in [0.29, 0.717) is 6.29 Å². The smallest absolute Gasteiger partial charge is 0.253 e. The molecule has 170 valence electrons. The standard InChI is InChI=1S/C21H24N4O7/c1-9-19(30)13(8-26)16-18(20(9)31)24-15-12(4-5-14(29)17(15)23-16)21(32)22-6-7-25(10(2)27)11(3)28/h4-5,8,10-11,27-31H,6-7H2,1-3H3,(H,22,32). The van der Waals surface area contributed by atoms with E-state index in [1.165, 1.54) is 37.8 Å². The number of hydrogen-bond acceptors (Lipinski definition) is 10. The fraction of sp³-hybridized carbons (Fsp3) is 0.333. The molecule has 0 saturated heterocycles. The summed E-state index contributed by atoms with van der Waals surface area (Å²) in [4.78, 5) is 34.1. The molecule has 0 radical (unpaired) electrons. The molecule has 0 aliphatic carbocycles. The van der Waals surface area contributed by atoms with Crippen LogP contribution >= 0.6 is 0 Å². The summed E-state index contributed by atoms with van der Waals surface area (Å²) in [6, 6.07) is 2.57. The predicted molar refractivity (Wildman–Crippen MR) is 115 cm³/mol. The lowest BCUT2D eigenvalue weighted by Crippen LogP contribution is -2.44. The number of carbonyl (C=O) groups is 2. The van der Waals surface area contributed by atoms with Crippen LogP contribution in [0.3, 0.4) is 0 Å². The number of hydrogen-bond donors (Lipinski definition) is 6. The van der Waals surface area contributed by atoms with E-state index in [-0.39, 0.29) is 57.6 Å². The molecule has 32 heavy (non-hydrogen) atoms. The molecule has 0 saturated carbocycles. The number of aromatic nitrogens is 2. The van der Waals surface area contributed by atoms with Crippen LogP contribution in [-0.4, -0.2) is 78.1 Å². The van der Waals surface area contributed by atoms with Gasteiger partial charge >= 0.3 is 0 Å². The van der Waals surface area contributed by atoms with Gasteiger partial charge in [0, 0.05) is 18.7 Å². The molecule has 11 heteroatoms. The van der Waals surface area contributed by atoms with Gasteiger partial charge in [-0.15, -0.1) is 0 Å². The van der Waals surface area contributed by atoms with Gasteiger partial charge < -0.3 is 30.8 Å². The number of aliphatic hydroxyl groups is 2. The molecule has 2 aromatic carbocycles. The molecule has 3 rings (SSSR count). The number of aldehydes is 1. The molecule has 0 fully saturated rings. The zero-order valence-corrected chi connectivity index (χ0v) is 17.7. The summed E-state index contributed by atoms with van der Waals surface area (Å²) < 4.78 is 0. The second kappa shape index (κ2) is 8.91. The maximum absolute atomic E-state index is 12.8. The number of aliphatic hydroxyl groups excluding tert-OH is 2. The van der Waals surface area contributed by atoms with Crippen LogP contribution in [0.1, 0.15) is 40.1 Å². The van der Waals surface area contributed by atoms with Crippen molar-refractivity contribution in [1.82, 2.24) is 20.2 Å². The minimum Gasteiger partial charge on any atom is -0.507 e. The van der Waals surface area contributed by atoms with Crippen molar-refractivity contribution in [3.05, 3.63) is 28.8 Å². The molecular weight excluding hydrogens is 420 g/mol. The Bertz CT molecular complexity index is 1200. The fourth-order valence-corrected chi connectivity index (χ4v) is 3.45. The summed E-state index contributed by atoms with van der Waals surface area (Å²) in [5, 5.41) is 52.9. The highest BCUT2D eigenvalue weighted by molar-refractivity contribution is 6.09. The maximum Gasteiger partial charge on any atom is 0.253 e. The zero-order valence-electron chi connectivity index (χ0n) is 17.7. The number of benzene rings is 2. The van der Waals surface area contributed by atoms with Gasteiger partial charge in [-0.05, 0) is 32.9 Å². The van der Waals surface area contributed by atoms with Crippen molar-refractivity contribution in [2.75, 3.05) is 13.1 Å². The molecule has 6 N–H and O–H groups in total. The highest BCUT2D eigenvalue weighted by atomic mass is 16.3. The maximum atomic E-state index is 12.8. The Morgan fingerprint density at radius 3 is 2.25 bits per heavy atom. The van der Waals surface area contributed by atoms with Gasteiger partial charge in [0.05, 0.1) is 11.1 Å². The number of carbonyl (C=O) groups excluding carboxylic acids is 2. The van der Waals surface area contributed by atoms with Gasteiger partial charge in [-0.1, -0.05) is 0 Å². The summed E-state index contributed by atoms with van der Waals surface area (Å²) in [6.07, 6.45) is -1.48. The molecule has 11 nitrogen and oxygen atoms in total. The van der Waals surface area contributed by atoms with Crippen LogP contribution in [0.2, 0.25) is 0 Å². The summed E-state index contributed by atoms with van der Waals surface area (Å²) in [5.41, 5.74) is -0.466. The van der Waals surface area contributed by atoms with Crippen molar-refractivity contribution in [2.45, 2.75) is 33.2 Å². The van der Waals surface area contributed by atoms with Crippen LogP contribution in [0.4, 0.5) is 0 Å². The summed E-state index contributed by atoms with van der Waals surface area (Å²) in [6.45, 7) is 4.62. The Kier molecular flexibility index (Phi) is 6.44. The molecule has 0 spiro atoms. The van der Waals surface area contributed by atoms with Crippen molar-refractivity contribution < 1.29 is 35.1 Å². The van der Waals surface area contributed by atoms with Crippen molar-refractivity contribution in [3.63, 3.8) is 0 Å². The van der Waals surface area contributed by atoms with E-state index in [1.54, 1.807) is 0 Å². The van der Waals surface area contributed by atoms with Crippen LogP contribution in [0.5, 0.6) is 17.2 Å². The van der Waals surface area contributed by atoms with E-state index in [4.69, 9.17) is 0 Å². The third-order valence-corrected chi connectivity index (χ3v) is 5.22. The lowest BCUT2D eigenvalue weighted by Gasteiger charge is -2.27. The number of phenols is 3. The molecule has 3 aromatic rings. The van der Waals surface area contributed by atoms with Gasteiger partial charge in [-0.2, -0.15) is 0 Å². The number of amides is 1. The third-order valence-electron chi connectivity index (χ3n) is 5.22. The second-order valence-electron chi connectivity index (χ2n) is 7.36. The summed E-state index contributed by atoms with van der Waals surface area (Å²) >= 11 is 0. The van der Waals surface area contributed by atoms with E-state index in [1.807, 2.05) is 0 Å². The first-order valence-electron chi connectivity index (χ1n) is 9.81. The SMILES string of the molecule is Cc1c(O)c(C=O)c2nc3c(O)ccc(C(=O)NCCN(C(C)O)C(C)O)c3nc2c1O. The minimum absolute atomic E-state index is 0.0184. The lowest BCUT2D eigenvalue weighted by molar-refractivity contribution is -0.0826. The van der Waals surface area contributed by atoms with Gasteiger partial charge in [-0.3, -0.25) is 14.5 Å². The van der Waals surface area contributed by atoms with Crippen LogP contribution in [-0.2, 0) is 0 Å². The van der Waals surface area contributed by atoms with Gasteiger partial charge in [0.25, 0.3) is 5.91 Å². The van der Waals surface area contributed by atoms with E-state index >= 15 is 0 Å². The summed E-state index contributed by atoms with van der Waals surface area (Å²) in [7, 11) is 0. The Hall–Kier alpha value is -3.54. The van der Waals surface area contributed by atoms with E-state index in [9.17, 15) is 35.1 Å². The van der Waals surface area contributed by atoms with Gasteiger partial charge in [0.15, 0.2) is 6.29 Å². The van der Waals surface area contributed by atoms with E-state index < -0.39 is 29.9 Å². The van der Waals surface area contributed by atoms with E-state index in [0.717, 1.165) is 0 Å². The molecule has 1 amide bonds. The van der Waals surface area contributed by atoms with Crippen molar-refractivity contribution >= 4 is 34.3 Å². The number of fused-ring (bicyclic) bond motifs is 2. The van der Waals surface area contributed by atoms with Crippen LogP contribution in [0.15, 0.2) is 12.1 Å². The minimum atomic E-state index is -0.923. The van der Waals surface area contributed by atoms with Gasteiger partial charge in [0.2, 0.25) is 0 Å². The first-order chi connectivity index (χ1) is 15.1. The number of rotatable bonds is 7. The monoisotopic (exact) mass is 444 g/mol. The molecule has 2 unspecified atom stereocenters. The van der Waals surface area contributed by atoms with Gasteiger partial charge in [0.1, 0.15) is 51.8 Å². The Balaban J connectivity index is 2.06. The molecule has 1 aromatic heterocycles. The Labute approximate surface area is 182 Å². The molecular formula is C21H24N4O7. The van der Waals surface area contributed by atoms with Crippen LogP contribution in [0.25, 0.3) is 22.1 Å². The topological polar surface area (TPSA) is 176 Å². The van der Waals surface area contributed by atoms with Gasteiger partial charge in [-0.25, -0.2) is 9.97 Å².